The Morgan fingerprint density at radius 1 is 1.46 bits per heavy atom. The summed E-state index contributed by atoms with van der Waals surface area (Å²) >= 11 is 0. The van der Waals surface area contributed by atoms with Crippen LogP contribution in [0.1, 0.15) is 26.7 Å². The molecular weight excluding hydrogens is 164 g/mol. The van der Waals surface area contributed by atoms with Gasteiger partial charge < -0.3 is 10.2 Å². The minimum absolute atomic E-state index is 0.286. The molecule has 1 aliphatic rings. The van der Waals surface area contributed by atoms with E-state index in [2.05, 4.69) is 5.32 Å². The highest BCUT2D eigenvalue weighted by Gasteiger charge is 2.26. The summed E-state index contributed by atoms with van der Waals surface area (Å²) in [7, 11) is 0. The number of quaternary nitrogens is 1. The maximum atomic E-state index is 11.9. The van der Waals surface area contributed by atoms with E-state index >= 15 is 0 Å². The fraction of sp³-hybridized carbons (Fsp3) is 0.900. The first-order chi connectivity index (χ1) is 6.29. The molecular formula is C10H21N2O+. The number of hydrogen-bond acceptors (Lipinski definition) is 1. The number of piperidine rings is 1. The second kappa shape index (κ2) is 5.22. The molecule has 0 aromatic heterocycles. The van der Waals surface area contributed by atoms with E-state index in [1.165, 1.54) is 13.0 Å². The summed E-state index contributed by atoms with van der Waals surface area (Å²) in [5.74, 6) is 0.648. The first-order valence-electron chi connectivity index (χ1n) is 5.40. The molecule has 13 heavy (non-hydrogen) atoms. The molecule has 1 fully saturated rings. The zero-order valence-corrected chi connectivity index (χ0v) is 8.75. The van der Waals surface area contributed by atoms with Gasteiger partial charge in [-0.05, 0) is 26.7 Å². The molecule has 0 radical (unpaired) electrons. The van der Waals surface area contributed by atoms with E-state index in [9.17, 15) is 4.79 Å². The maximum Gasteiger partial charge on any atom is 0.231 e. The van der Waals surface area contributed by atoms with Crippen LogP contribution in [0, 0.1) is 5.92 Å². The lowest BCUT2D eigenvalue weighted by Gasteiger charge is -2.26. The van der Waals surface area contributed by atoms with E-state index < -0.39 is 0 Å². The number of nitrogens with zero attached hydrogens (tertiary/aromatic N) is 1. The molecule has 0 saturated carbocycles. The van der Waals surface area contributed by atoms with Crippen LogP contribution in [0.25, 0.3) is 0 Å². The van der Waals surface area contributed by atoms with Gasteiger partial charge in [0.05, 0.1) is 19.0 Å². The molecule has 1 heterocycles. The third-order valence-corrected chi connectivity index (χ3v) is 2.84. The summed E-state index contributed by atoms with van der Waals surface area (Å²) in [5.41, 5.74) is 0. The predicted molar refractivity (Wildman–Crippen MR) is 52.3 cm³/mol. The van der Waals surface area contributed by atoms with Gasteiger partial charge in [0.1, 0.15) is 0 Å². The van der Waals surface area contributed by atoms with Crippen molar-refractivity contribution >= 4 is 5.91 Å². The molecule has 1 amide bonds. The fourth-order valence-electron chi connectivity index (χ4n) is 1.96. The quantitative estimate of drug-likeness (QED) is 0.651. The van der Waals surface area contributed by atoms with Crippen LogP contribution in [0.5, 0.6) is 0 Å². The molecule has 0 unspecified atom stereocenters. The summed E-state index contributed by atoms with van der Waals surface area (Å²) in [6, 6.07) is 0. The van der Waals surface area contributed by atoms with Crippen molar-refractivity contribution in [1.29, 1.82) is 0 Å². The Morgan fingerprint density at radius 2 is 2.15 bits per heavy atom. The highest BCUT2D eigenvalue weighted by molar-refractivity contribution is 5.78. The molecule has 2 N–H and O–H groups in total. The SMILES string of the molecule is CCN(CC)C(=O)[C@H]1CCC[NH2+]C1. The van der Waals surface area contributed by atoms with Gasteiger partial charge in [-0.25, -0.2) is 0 Å². The van der Waals surface area contributed by atoms with Crippen LogP contribution in [0.2, 0.25) is 0 Å². The van der Waals surface area contributed by atoms with Gasteiger partial charge in [0, 0.05) is 13.1 Å². The van der Waals surface area contributed by atoms with Gasteiger partial charge in [-0.2, -0.15) is 0 Å². The molecule has 1 rings (SSSR count). The molecule has 1 aliphatic heterocycles. The van der Waals surface area contributed by atoms with E-state index in [1.54, 1.807) is 0 Å². The summed E-state index contributed by atoms with van der Waals surface area (Å²) in [5, 5.41) is 2.26. The van der Waals surface area contributed by atoms with Crippen LogP contribution in [0.15, 0.2) is 0 Å². The smallest absolute Gasteiger partial charge is 0.231 e. The lowest BCUT2D eigenvalue weighted by atomic mass is 9.98. The molecule has 3 heteroatoms. The van der Waals surface area contributed by atoms with Crippen LogP contribution >= 0.6 is 0 Å². The Morgan fingerprint density at radius 3 is 2.62 bits per heavy atom. The second-order valence-electron chi connectivity index (χ2n) is 3.66. The molecule has 0 aliphatic carbocycles. The number of nitrogens with two attached hydrogens (primary N) is 1. The highest BCUT2D eigenvalue weighted by Crippen LogP contribution is 2.10. The summed E-state index contributed by atoms with van der Waals surface area (Å²) in [6.45, 7) is 8.00. The van der Waals surface area contributed by atoms with Gasteiger partial charge in [0.25, 0.3) is 0 Å². The van der Waals surface area contributed by atoms with Crippen molar-refractivity contribution < 1.29 is 10.1 Å². The highest BCUT2D eigenvalue weighted by atomic mass is 16.2. The van der Waals surface area contributed by atoms with E-state index in [4.69, 9.17) is 0 Å². The Labute approximate surface area is 80.5 Å². The third-order valence-electron chi connectivity index (χ3n) is 2.84. The first kappa shape index (κ1) is 10.5. The molecule has 3 nitrogen and oxygen atoms in total. The summed E-state index contributed by atoms with van der Waals surface area (Å²) in [4.78, 5) is 13.8. The monoisotopic (exact) mass is 185 g/mol. The largest absolute Gasteiger partial charge is 0.346 e. The molecule has 0 aromatic rings. The zero-order chi connectivity index (χ0) is 9.68. The fourth-order valence-corrected chi connectivity index (χ4v) is 1.96. The number of carbonyl (C=O) groups is 1. The van der Waals surface area contributed by atoms with Crippen LogP contribution in [0.3, 0.4) is 0 Å². The third kappa shape index (κ3) is 2.69. The van der Waals surface area contributed by atoms with Gasteiger partial charge >= 0.3 is 0 Å². The predicted octanol–water partition coefficient (Wildman–Crippen LogP) is -0.172. The maximum absolute atomic E-state index is 11.9. The van der Waals surface area contributed by atoms with E-state index in [-0.39, 0.29) is 5.92 Å². The number of rotatable bonds is 3. The van der Waals surface area contributed by atoms with Crippen LogP contribution in [-0.2, 0) is 4.79 Å². The van der Waals surface area contributed by atoms with Crippen molar-refractivity contribution in [2.24, 2.45) is 5.92 Å². The minimum Gasteiger partial charge on any atom is -0.346 e. The Hall–Kier alpha value is -0.570. The molecule has 1 saturated heterocycles. The number of hydrogen-bond donors (Lipinski definition) is 1. The van der Waals surface area contributed by atoms with Crippen LogP contribution < -0.4 is 5.32 Å². The van der Waals surface area contributed by atoms with Crippen LogP contribution in [-0.4, -0.2) is 37.0 Å². The average Bonchev–Trinajstić information content (AvgIpc) is 2.21. The van der Waals surface area contributed by atoms with Crippen molar-refractivity contribution in [2.45, 2.75) is 26.7 Å². The minimum atomic E-state index is 0.286. The van der Waals surface area contributed by atoms with Gasteiger partial charge in [-0.1, -0.05) is 0 Å². The van der Waals surface area contributed by atoms with Crippen LogP contribution in [0.4, 0.5) is 0 Å². The first-order valence-corrected chi connectivity index (χ1v) is 5.40. The lowest BCUT2D eigenvalue weighted by molar-refractivity contribution is -0.666. The Bertz CT molecular complexity index is 160. The average molecular weight is 185 g/mol. The molecule has 0 aromatic carbocycles. The molecule has 0 bridgehead atoms. The molecule has 0 spiro atoms. The Balaban J connectivity index is 2.44. The molecule has 76 valence electrons. The summed E-state index contributed by atoms with van der Waals surface area (Å²) < 4.78 is 0. The van der Waals surface area contributed by atoms with Crippen molar-refractivity contribution in [3.05, 3.63) is 0 Å². The molecule has 1 atom stereocenters. The van der Waals surface area contributed by atoms with E-state index in [0.29, 0.717) is 5.91 Å². The normalized spacial score (nSPS) is 22.8. The van der Waals surface area contributed by atoms with E-state index in [1.807, 2.05) is 18.7 Å². The Kier molecular flexibility index (Phi) is 4.22. The van der Waals surface area contributed by atoms with Gasteiger partial charge in [0.2, 0.25) is 5.91 Å². The standard InChI is InChI=1S/C10H20N2O/c1-3-12(4-2)10(13)9-6-5-7-11-8-9/h9,11H,3-8H2,1-2H3/p+1/t9-/m0/s1. The zero-order valence-electron chi connectivity index (χ0n) is 8.75. The lowest BCUT2D eigenvalue weighted by Crippen LogP contribution is -2.87. The topological polar surface area (TPSA) is 36.9 Å². The van der Waals surface area contributed by atoms with Gasteiger partial charge in [-0.3, -0.25) is 4.79 Å². The summed E-state index contributed by atoms with van der Waals surface area (Å²) in [6.07, 6.45) is 2.28. The van der Waals surface area contributed by atoms with Crippen molar-refractivity contribution in [2.75, 3.05) is 26.2 Å². The number of amides is 1. The van der Waals surface area contributed by atoms with Crippen molar-refractivity contribution in [1.82, 2.24) is 4.90 Å². The van der Waals surface area contributed by atoms with Crippen molar-refractivity contribution in [3.8, 4) is 0 Å². The van der Waals surface area contributed by atoms with E-state index in [0.717, 1.165) is 26.1 Å². The van der Waals surface area contributed by atoms with Gasteiger partial charge in [0.15, 0.2) is 0 Å². The van der Waals surface area contributed by atoms with Crippen molar-refractivity contribution in [3.63, 3.8) is 0 Å². The second-order valence-corrected chi connectivity index (χ2v) is 3.66. The number of carbonyl (C=O) groups excluding carboxylic acids is 1. The van der Waals surface area contributed by atoms with Gasteiger partial charge in [-0.15, -0.1) is 0 Å².